The normalized spacial score (nSPS) is 23.1. The lowest BCUT2D eigenvalue weighted by Gasteiger charge is -2.29. The number of aliphatic carboxylic acids is 1. The van der Waals surface area contributed by atoms with Crippen LogP contribution in [0.25, 0.3) is 0 Å². The van der Waals surface area contributed by atoms with Crippen molar-refractivity contribution in [3.8, 4) is 0 Å². The van der Waals surface area contributed by atoms with Gasteiger partial charge >= 0.3 is 5.97 Å². The standard InChI is InChI=1S/C12H14Cl2N2O3/c13-7-5-9(15-10(7)14)11(17)16-8-4-2-1-3-6(8)12(18)19/h5-6,8,15H,1-4H2,(H,16,17)(H,18,19). The fraction of sp³-hybridized carbons (Fsp3) is 0.500. The average molecular weight is 305 g/mol. The predicted octanol–water partition coefficient (Wildman–Crippen LogP) is 2.69. The molecule has 104 valence electrons. The first kappa shape index (κ1) is 14.2. The third kappa shape index (κ3) is 3.22. The molecule has 1 fully saturated rings. The molecule has 7 heteroatoms. The fourth-order valence-electron chi connectivity index (χ4n) is 2.37. The number of rotatable bonds is 3. The molecule has 1 aromatic heterocycles. The molecular weight excluding hydrogens is 291 g/mol. The predicted molar refractivity (Wildman–Crippen MR) is 71.7 cm³/mol. The Balaban J connectivity index is 2.06. The van der Waals surface area contributed by atoms with Crippen LogP contribution in [-0.2, 0) is 4.79 Å². The summed E-state index contributed by atoms with van der Waals surface area (Å²) in [6.45, 7) is 0. The molecule has 19 heavy (non-hydrogen) atoms. The number of carboxylic acids is 1. The lowest BCUT2D eigenvalue weighted by Crippen LogP contribution is -2.45. The molecule has 3 N–H and O–H groups in total. The summed E-state index contributed by atoms with van der Waals surface area (Å²) in [5, 5.41) is 12.3. The van der Waals surface area contributed by atoms with E-state index in [-0.39, 0.29) is 27.8 Å². The summed E-state index contributed by atoms with van der Waals surface area (Å²) in [5.41, 5.74) is 0.240. The molecule has 5 nitrogen and oxygen atoms in total. The van der Waals surface area contributed by atoms with Crippen LogP contribution in [0, 0.1) is 5.92 Å². The maximum absolute atomic E-state index is 12.0. The molecule has 2 atom stereocenters. The Labute approximate surface area is 120 Å². The highest BCUT2D eigenvalue weighted by atomic mass is 35.5. The van der Waals surface area contributed by atoms with Crippen molar-refractivity contribution in [1.82, 2.24) is 10.3 Å². The van der Waals surface area contributed by atoms with Crippen molar-refractivity contribution < 1.29 is 14.7 Å². The minimum absolute atomic E-state index is 0.199. The van der Waals surface area contributed by atoms with Gasteiger partial charge in [-0.15, -0.1) is 0 Å². The van der Waals surface area contributed by atoms with E-state index in [2.05, 4.69) is 10.3 Å². The minimum Gasteiger partial charge on any atom is -0.481 e. The van der Waals surface area contributed by atoms with Crippen LogP contribution in [0.4, 0.5) is 0 Å². The van der Waals surface area contributed by atoms with Crippen LogP contribution in [0.15, 0.2) is 6.07 Å². The van der Waals surface area contributed by atoms with E-state index in [0.717, 1.165) is 12.8 Å². The van der Waals surface area contributed by atoms with E-state index in [0.29, 0.717) is 12.8 Å². The van der Waals surface area contributed by atoms with Crippen molar-refractivity contribution >= 4 is 35.1 Å². The van der Waals surface area contributed by atoms with Gasteiger partial charge in [-0.05, 0) is 18.9 Å². The van der Waals surface area contributed by atoms with Crippen LogP contribution in [0.1, 0.15) is 36.2 Å². The van der Waals surface area contributed by atoms with E-state index in [1.54, 1.807) is 0 Å². The molecule has 0 radical (unpaired) electrons. The summed E-state index contributed by atoms with van der Waals surface area (Å²) in [7, 11) is 0. The molecule has 2 unspecified atom stereocenters. The number of aromatic amines is 1. The van der Waals surface area contributed by atoms with Crippen LogP contribution in [0.2, 0.25) is 10.2 Å². The summed E-state index contributed by atoms with van der Waals surface area (Å²) in [5.74, 6) is -1.78. The SMILES string of the molecule is O=C(NC1CCCCC1C(=O)O)c1cc(Cl)c(Cl)[nH]1. The Morgan fingerprint density at radius 3 is 2.58 bits per heavy atom. The third-order valence-corrected chi connectivity index (χ3v) is 4.06. The van der Waals surface area contributed by atoms with Crippen molar-refractivity contribution in [1.29, 1.82) is 0 Å². The van der Waals surface area contributed by atoms with Crippen molar-refractivity contribution in [2.24, 2.45) is 5.92 Å². The van der Waals surface area contributed by atoms with Gasteiger partial charge in [-0.25, -0.2) is 0 Å². The average Bonchev–Trinajstić information content (AvgIpc) is 2.70. The largest absolute Gasteiger partial charge is 0.481 e. The molecule has 1 aliphatic rings. The highest BCUT2D eigenvalue weighted by molar-refractivity contribution is 6.41. The Kier molecular flexibility index (Phi) is 4.37. The summed E-state index contributed by atoms with van der Waals surface area (Å²) in [4.78, 5) is 25.8. The van der Waals surface area contributed by atoms with E-state index in [1.807, 2.05) is 0 Å². The zero-order valence-corrected chi connectivity index (χ0v) is 11.6. The van der Waals surface area contributed by atoms with Crippen LogP contribution >= 0.6 is 23.2 Å². The van der Waals surface area contributed by atoms with Crippen molar-refractivity contribution in [3.05, 3.63) is 21.9 Å². The second-order valence-corrected chi connectivity index (χ2v) is 5.44. The number of aromatic nitrogens is 1. The maximum Gasteiger partial charge on any atom is 0.308 e. The van der Waals surface area contributed by atoms with Crippen molar-refractivity contribution in [3.63, 3.8) is 0 Å². The van der Waals surface area contributed by atoms with Gasteiger partial charge in [0.05, 0.1) is 10.9 Å². The first-order valence-corrected chi connectivity index (χ1v) is 6.82. The van der Waals surface area contributed by atoms with Gasteiger partial charge in [0.15, 0.2) is 0 Å². The first-order valence-electron chi connectivity index (χ1n) is 6.06. The summed E-state index contributed by atoms with van der Waals surface area (Å²) < 4.78 is 0. The molecule has 0 aliphatic heterocycles. The summed E-state index contributed by atoms with van der Waals surface area (Å²) >= 11 is 11.5. The molecular formula is C12H14Cl2N2O3. The molecule has 1 heterocycles. The third-order valence-electron chi connectivity index (χ3n) is 3.37. The van der Waals surface area contributed by atoms with Gasteiger partial charge in [0.2, 0.25) is 0 Å². The number of carboxylic acid groups (broad SMARTS) is 1. The lowest BCUT2D eigenvalue weighted by atomic mass is 9.84. The van der Waals surface area contributed by atoms with E-state index in [4.69, 9.17) is 28.3 Å². The molecule has 1 aliphatic carbocycles. The minimum atomic E-state index is -0.868. The molecule has 0 spiro atoms. The highest BCUT2D eigenvalue weighted by Crippen LogP contribution is 2.26. The van der Waals surface area contributed by atoms with Crippen LogP contribution < -0.4 is 5.32 Å². The monoisotopic (exact) mass is 304 g/mol. The Morgan fingerprint density at radius 2 is 2.00 bits per heavy atom. The van der Waals surface area contributed by atoms with E-state index < -0.39 is 11.9 Å². The number of amides is 1. The van der Waals surface area contributed by atoms with E-state index in [1.165, 1.54) is 6.07 Å². The number of hydrogen-bond donors (Lipinski definition) is 3. The number of carbonyl (C=O) groups excluding carboxylic acids is 1. The Morgan fingerprint density at radius 1 is 1.32 bits per heavy atom. The van der Waals surface area contributed by atoms with Gasteiger partial charge in [0, 0.05) is 6.04 Å². The first-order chi connectivity index (χ1) is 8.99. The summed E-state index contributed by atoms with van der Waals surface area (Å²) in [6.07, 6.45) is 3.06. The molecule has 1 saturated carbocycles. The number of nitrogens with one attached hydrogen (secondary N) is 2. The highest BCUT2D eigenvalue weighted by Gasteiger charge is 2.32. The number of H-pyrrole nitrogens is 1. The Bertz CT molecular complexity index is 482. The van der Waals surface area contributed by atoms with E-state index in [9.17, 15) is 9.59 Å². The Hall–Kier alpha value is -1.20. The smallest absolute Gasteiger partial charge is 0.308 e. The molecule has 0 aromatic carbocycles. The quantitative estimate of drug-likeness (QED) is 0.803. The number of hydrogen-bond acceptors (Lipinski definition) is 2. The van der Waals surface area contributed by atoms with Gasteiger partial charge in [0.25, 0.3) is 5.91 Å². The second kappa shape index (κ2) is 5.84. The van der Waals surface area contributed by atoms with Gasteiger partial charge < -0.3 is 15.4 Å². The molecule has 2 rings (SSSR count). The molecule has 1 amide bonds. The molecule has 0 bridgehead atoms. The number of carbonyl (C=O) groups is 2. The van der Waals surface area contributed by atoms with Crippen LogP contribution in [0.5, 0.6) is 0 Å². The van der Waals surface area contributed by atoms with Gasteiger partial charge in [-0.3, -0.25) is 9.59 Å². The van der Waals surface area contributed by atoms with Crippen LogP contribution in [-0.4, -0.2) is 28.0 Å². The van der Waals surface area contributed by atoms with Crippen molar-refractivity contribution in [2.75, 3.05) is 0 Å². The summed E-state index contributed by atoms with van der Waals surface area (Å²) in [6, 6.07) is 1.08. The van der Waals surface area contributed by atoms with Crippen LogP contribution in [0.3, 0.4) is 0 Å². The van der Waals surface area contributed by atoms with Gasteiger partial charge in [-0.2, -0.15) is 0 Å². The maximum atomic E-state index is 12.0. The molecule has 1 aromatic rings. The van der Waals surface area contributed by atoms with Crippen molar-refractivity contribution in [2.45, 2.75) is 31.7 Å². The van der Waals surface area contributed by atoms with E-state index >= 15 is 0 Å². The fourth-order valence-corrected chi connectivity index (χ4v) is 2.68. The topological polar surface area (TPSA) is 82.2 Å². The van der Waals surface area contributed by atoms with Gasteiger partial charge in [-0.1, -0.05) is 36.0 Å². The molecule has 0 saturated heterocycles. The zero-order chi connectivity index (χ0) is 14.0. The lowest BCUT2D eigenvalue weighted by molar-refractivity contribution is -0.143. The zero-order valence-electron chi connectivity index (χ0n) is 10.1. The number of halogens is 2. The van der Waals surface area contributed by atoms with Gasteiger partial charge in [0.1, 0.15) is 10.8 Å². The second-order valence-electron chi connectivity index (χ2n) is 4.65.